The van der Waals surface area contributed by atoms with E-state index in [0.29, 0.717) is 11.4 Å². The Labute approximate surface area is 123 Å². The minimum absolute atomic E-state index is 0.169. The summed E-state index contributed by atoms with van der Waals surface area (Å²) >= 11 is 6.07. The molecule has 0 aliphatic heterocycles. The Kier molecular flexibility index (Phi) is 5.82. The highest BCUT2D eigenvalue weighted by Crippen LogP contribution is 2.31. The summed E-state index contributed by atoms with van der Waals surface area (Å²) in [5.41, 5.74) is 0.622. The Morgan fingerprint density at radius 1 is 1.35 bits per heavy atom. The molecule has 1 aromatic carbocycles. The van der Waals surface area contributed by atoms with Gasteiger partial charge in [0.2, 0.25) is 5.91 Å². The molecular weight excluding hydrogens is 282 g/mol. The summed E-state index contributed by atoms with van der Waals surface area (Å²) in [5, 5.41) is 2.93. The lowest BCUT2D eigenvalue weighted by Crippen LogP contribution is -2.18. The van der Waals surface area contributed by atoms with Crippen molar-refractivity contribution in [2.75, 3.05) is 19.0 Å². The molecular formula is C14H18ClNO4. The monoisotopic (exact) mass is 299 g/mol. The number of ether oxygens (including phenoxy) is 2. The van der Waals surface area contributed by atoms with E-state index in [4.69, 9.17) is 21.1 Å². The van der Waals surface area contributed by atoms with Crippen molar-refractivity contribution in [1.29, 1.82) is 0 Å². The van der Waals surface area contributed by atoms with E-state index in [2.05, 4.69) is 5.32 Å². The molecule has 1 N–H and O–H groups in total. The summed E-state index contributed by atoms with van der Waals surface area (Å²) in [6.45, 7) is 5.51. The maximum absolute atomic E-state index is 11.8. The molecule has 0 bridgehead atoms. The van der Waals surface area contributed by atoms with Crippen LogP contribution in [0.4, 0.5) is 5.69 Å². The molecule has 1 rings (SSSR count). The lowest BCUT2D eigenvalue weighted by molar-refractivity contribution is -0.118. The van der Waals surface area contributed by atoms with Crippen molar-refractivity contribution in [3.05, 3.63) is 22.7 Å². The molecule has 0 radical (unpaired) electrons. The Morgan fingerprint density at radius 3 is 2.50 bits per heavy atom. The molecule has 0 spiro atoms. The lowest BCUT2D eigenvalue weighted by Gasteiger charge is -2.13. The van der Waals surface area contributed by atoms with Gasteiger partial charge in [0.1, 0.15) is 11.3 Å². The second-order valence-corrected chi connectivity index (χ2v) is 4.80. The van der Waals surface area contributed by atoms with Gasteiger partial charge >= 0.3 is 5.97 Å². The molecule has 0 fully saturated rings. The molecule has 0 saturated heterocycles. The van der Waals surface area contributed by atoms with E-state index in [1.807, 2.05) is 0 Å². The normalized spacial score (nSPS) is 10.3. The van der Waals surface area contributed by atoms with Gasteiger partial charge < -0.3 is 14.8 Å². The minimum atomic E-state index is -0.520. The fourth-order valence-corrected chi connectivity index (χ4v) is 1.67. The number of hydrogen-bond donors (Lipinski definition) is 1. The zero-order valence-electron chi connectivity index (χ0n) is 12.0. The first kappa shape index (κ1) is 16.3. The number of anilines is 1. The van der Waals surface area contributed by atoms with Gasteiger partial charge in [0.25, 0.3) is 0 Å². The Hall–Kier alpha value is -1.75. The van der Waals surface area contributed by atoms with Crippen LogP contribution in [0.25, 0.3) is 0 Å². The molecule has 0 unspecified atom stereocenters. The summed E-state index contributed by atoms with van der Waals surface area (Å²) in [7, 11) is 1.43. The number of esters is 1. The van der Waals surface area contributed by atoms with E-state index in [1.165, 1.54) is 19.2 Å². The van der Waals surface area contributed by atoms with Crippen LogP contribution in [-0.4, -0.2) is 25.6 Å². The number of halogens is 1. The third-order valence-corrected chi connectivity index (χ3v) is 2.88. The van der Waals surface area contributed by atoms with Gasteiger partial charge in [0.15, 0.2) is 0 Å². The molecule has 1 amide bonds. The number of methoxy groups -OCH3 is 1. The molecule has 6 heteroatoms. The highest BCUT2D eigenvalue weighted by Gasteiger charge is 2.18. The van der Waals surface area contributed by atoms with E-state index in [0.717, 1.165) is 0 Å². The van der Waals surface area contributed by atoms with Crippen LogP contribution in [-0.2, 0) is 9.53 Å². The molecule has 0 saturated carbocycles. The minimum Gasteiger partial charge on any atom is -0.496 e. The van der Waals surface area contributed by atoms with Crippen LogP contribution in [0.2, 0.25) is 5.02 Å². The highest BCUT2D eigenvalue weighted by atomic mass is 35.5. The number of benzene rings is 1. The van der Waals surface area contributed by atoms with Crippen molar-refractivity contribution in [3.63, 3.8) is 0 Å². The van der Waals surface area contributed by atoms with Crippen molar-refractivity contribution < 1.29 is 19.1 Å². The lowest BCUT2D eigenvalue weighted by atomic mass is 10.1. The third kappa shape index (κ3) is 3.87. The van der Waals surface area contributed by atoms with Crippen LogP contribution in [0.1, 0.15) is 31.1 Å². The van der Waals surface area contributed by atoms with E-state index >= 15 is 0 Å². The Morgan fingerprint density at radius 2 is 2.00 bits per heavy atom. The number of rotatable bonds is 5. The molecule has 0 aliphatic rings. The molecule has 0 aliphatic carbocycles. The standard InChI is InChI=1S/C14H18ClNO4/c1-5-20-14(18)9-6-10(15)11(7-12(9)19-4)16-13(17)8(2)3/h6-8H,5H2,1-4H3,(H,16,17). The van der Waals surface area contributed by atoms with E-state index < -0.39 is 5.97 Å². The molecule has 0 atom stereocenters. The Balaban J connectivity index is 3.13. The first-order chi connectivity index (χ1) is 9.40. The Bertz CT molecular complexity index is 514. The van der Waals surface area contributed by atoms with Gasteiger partial charge in [0, 0.05) is 12.0 Å². The predicted molar refractivity (Wildman–Crippen MR) is 77.4 cm³/mol. The molecule has 20 heavy (non-hydrogen) atoms. The van der Waals surface area contributed by atoms with Gasteiger partial charge in [-0.3, -0.25) is 4.79 Å². The summed E-state index contributed by atoms with van der Waals surface area (Å²) < 4.78 is 10.1. The van der Waals surface area contributed by atoms with Gasteiger partial charge in [-0.15, -0.1) is 0 Å². The van der Waals surface area contributed by atoms with Crippen LogP contribution in [0.5, 0.6) is 5.75 Å². The summed E-state index contributed by atoms with van der Waals surface area (Å²) in [5.74, 6) is -0.570. The van der Waals surface area contributed by atoms with Gasteiger partial charge in [-0.25, -0.2) is 4.79 Å². The van der Waals surface area contributed by atoms with Crippen molar-refractivity contribution in [2.45, 2.75) is 20.8 Å². The molecule has 110 valence electrons. The van der Waals surface area contributed by atoms with Gasteiger partial charge in [-0.1, -0.05) is 25.4 Å². The van der Waals surface area contributed by atoms with Crippen LogP contribution in [0, 0.1) is 5.92 Å². The fourth-order valence-electron chi connectivity index (χ4n) is 1.46. The molecule has 1 aromatic rings. The van der Waals surface area contributed by atoms with Gasteiger partial charge in [0.05, 0.1) is 24.4 Å². The summed E-state index contributed by atoms with van der Waals surface area (Å²) in [6.07, 6.45) is 0. The number of carbonyl (C=O) groups excluding carboxylic acids is 2. The van der Waals surface area contributed by atoms with Crippen LogP contribution < -0.4 is 10.1 Å². The zero-order valence-corrected chi connectivity index (χ0v) is 12.7. The smallest absolute Gasteiger partial charge is 0.341 e. The number of nitrogens with one attached hydrogen (secondary N) is 1. The van der Waals surface area contributed by atoms with E-state index in [1.54, 1.807) is 20.8 Å². The average Bonchev–Trinajstić information content (AvgIpc) is 2.40. The quantitative estimate of drug-likeness (QED) is 0.848. The average molecular weight is 300 g/mol. The van der Waals surface area contributed by atoms with Crippen molar-refractivity contribution in [1.82, 2.24) is 0 Å². The fraction of sp³-hybridized carbons (Fsp3) is 0.429. The van der Waals surface area contributed by atoms with Crippen molar-refractivity contribution in [2.24, 2.45) is 5.92 Å². The maximum atomic E-state index is 11.8. The number of carbonyl (C=O) groups is 2. The van der Waals surface area contributed by atoms with Crippen LogP contribution >= 0.6 is 11.6 Å². The SMILES string of the molecule is CCOC(=O)c1cc(Cl)c(NC(=O)C(C)C)cc1OC. The van der Waals surface area contributed by atoms with Gasteiger partial charge in [-0.2, -0.15) is 0 Å². The van der Waals surface area contributed by atoms with Gasteiger partial charge in [-0.05, 0) is 13.0 Å². The maximum Gasteiger partial charge on any atom is 0.341 e. The van der Waals surface area contributed by atoms with Crippen molar-refractivity contribution >= 4 is 29.2 Å². The molecule has 5 nitrogen and oxygen atoms in total. The van der Waals surface area contributed by atoms with Crippen LogP contribution in [0.15, 0.2) is 12.1 Å². The predicted octanol–water partition coefficient (Wildman–Crippen LogP) is 3.12. The summed E-state index contributed by atoms with van der Waals surface area (Å²) in [4.78, 5) is 23.5. The first-order valence-corrected chi connectivity index (χ1v) is 6.64. The second-order valence-electron chi connectivity index (χ2n) is 4.40. The molecule has 0 aromatic heterocycles. The van der Waals surface area contributed by atoms with E-state index in [9.17, 15) is 9.59 Å². The third-order valence-electron chi connectivity index (χ3n) is 2.57. The number of hydrogen-bond acceptors (Lipinski definition) is 4. The highest BCUT2D eigenvalue weighted by molar-refractivity contribution is 6.34. The zero-order chi connectivity index (χ0) is 15.3. The van der Waals surface area contributed by atoms with E-state index in [-0.39, 0.29) is 29.0 Å². The number of amides is 1. The molecule has 0 heterocycles. The second kappa shape index (κ2) is 7.14. The van der Waals surface area contributed by atoms with Crippen molar-refractivity contribution in [3.8, 4) is 5.75 Å². The first-order valence-electron chi connectivity index (χ1n) is 6.26. The van der Waals surface area contributed by atoms with Crippen LogP contribution in [0.3, 0.4) is 0 Å². The summed E-state index contributed by atoms with van der Waals surface area (Å²) in [6, 6.07) is 2.93. The topological polar surface area (TPSA) is 64.6 Å². The largest absolute Gasteiger partial charge is 0.496 e.